The number of primary amides is 1. The fraction of sp³-hybridized carbons (Fsp3) is 0.548. The van der Waals surface area contributed by atoms with Crippen molar-refractivity contribution in [2.24, 2.45) is 28.9 Å². The van der Waals surface area contributed by atoms with E-state index in [1.165, 1.54) is 10.6 Å². The minimum atomic E-state index is -3.16. The lowest BCUT2D eigenvalue weighted by molar-refractivity contribution is -0.145. The van der Waals surface area contributed by atoms with Crippen LogP contribution in [0.4, 0.5) is 27.5 Å². The number of piperazine rings is 1. The van der Waals surface area contributed by atoms with Crippen molar-refractivity contribution >= 4 is 44.7 Å². The quantitative estimate of drug-likeness (QED) is 0.551. The van der Waals surface area contributed by atoms with Crippen LogP contribution in [0.15, 0.2) is 48.5 Å². The molecule has 2 aliphatic heterocycles. The Bertz CT molecular complexity index is 1470. The Kier molecular flexibility index (Phi) is 6.65. The van der Waals surface area contributed by atoms with Crippen LogP contribution < -0.4 is 25.8 Å². The van der Waals surface area contributed by atoms with Gasteiger partial charge in [0, 0.05) is 62.1 Å². The molecule has 4 saturated carbocycles. The van der Waals surface area contributed by atoms with Gasteiger partial charge in [-0.05, 0) is 86.3 Å². The number of carbonyl (C=O) groups excluding carboxylic acids is 2. The van der Waals surface area contributed by atoms with Gasteiger partial charge in [0.2, 0.25) is 15.9 Å². The van der Waals surface area contributed by atoms with Gasteiger partial charge in [-0.3, -0.25) is 9.69 Å². The van der Waals surface area contributed by atoms with Crippen LogP contribution in [0, 0.1) is 23.2 Å². The SMILES string of the molecule is CS(=O)(=O)N1CCN(c2ccc(N3CCN(C(=O)N[C@H]4C5CC6CC4C[C@@](C(N)=O)(C6)C5)c4ccccc43)cc2)CC1. The third-order valence-electron chi connectivity index (χ3n) is 10.6. The lowest BCUT2D eigenvalue weighted by Crippen LogP contribution is -2.63. The molecule has 2 unspecified atom stereocenters. The number of nitrogens with zero attached hydrogens (tertiary/aromatic N) is 4. The Balaban J connectivity index is 1.05. The topological polar surface area (TPSA) is 119 Å². The number of nitrogens with one attached hydrogen (secondary N) is 1. The third-order valence-corrected chi connectivity index (χ3v) is 11.9. The van der Waals surface area contributed by atoms with Gasteiger partial charge in [-0.25, -0.2) is 13.2 Å². The number of para-hydroxylation sites is 2. The van der Waals surface area contributed by atoms with E-state index in [0.29, 0.717) is 57.0 Å². The van der Waals surface area contributed by atoms with Gasteiger partial charge in [0.1, 0.15) is 0 Å². The van der Waals surface area contributed by atoms with Gasteiger partial charge in [0.05, 0.1) is 17.6 Å². The molecule has 4 bridgehead atoms. The van der Waals surface area contributed by atoms with E-state index in [9.17, 15) is 18.0 Å². The fourth-order valence-electron chi connectivity index (χ4n) is 8.74. The molecule has 2 atom stereocenters. The Morgan fingerprint density at radius 1 is 0.833 bits per heavy atom. The molecule has 42 heavy (non-hydrogen) atoms. The van der Waals surface area contributed by atoms with Crippen LogP contribution in [0.5, 0.6) is 0 Å². The second kappa shape index (κ2) is 10.2. The van der Waals surface area contributed by atoms with Crippen LogP contribution >= 0.6 is 0 Å². The van der Waals surface area contributed by atoms with E-state index < -0.39 is 10.0 Å². The van der Waals surface area contributed by atoms with Crippen molar-refractivity contribution in [3.05, 3.63) is 48.5 Å². The number of nitrogens with two attached hydrogens (primary N) is 1. The van der Waals surface area contributed by atoms with Crippen molar-refractivity contribution in [2.45, 2.75) is 38.1 Å². The summed E-state index contributed by atoms with van der Waals surface area (Å²) in [6.07, 6.45) is 5.94. The molecule has 0 spiro atoms. The highest BCUT2D eigenvalue weighted by Crippen LogP contribution is 2.60. The first-order valence-electron chi connectivity index (χ1n) is 15.2. The molecule has 4 aliphatic carbocycles. The maximum Gasteiger partial charge on any atom is 0.322 e. The molecule has 6 aliphatic rings. The molecule has 8 rings (SSSR count). The van der Waals surface area contributed by atoms with E-state index in [-0.39, 0.29) is 23.4 Å². The number of amides is 3. The van der Waals surface area contributed by atoms with Crippen LogP contribution in [-0.4, -0.2) is 76.2 Å². The molecule has 3 amide bonds. The Morgan fingerprint density at radius 3 is 2.07 bits per heavy atom. The van der Waals surface area contributed by atoms with Gasteiger partial charge in [-0.1, -0.05) is 12.1 Å². The summed E-state index contributed by atoms with van der Waals surface area (Å²) >= 11 is 0. The zero-order chi connectivity index (χ0) is 29.2. The molecule has 0 radical (unpaired) electrons. The largest absolute Gasteiger partial charge is 0.369 e. The normalized spacial score (nSPS) is 30.7. The molecule has 1 saturated heterocycles. The van der Waals surface area contributed by atoms with Crippen LogP contribution in [0.1, 0.15) is 32.1 Å². The lowest BCUT2D eigenvalue weighted by Gasteiger charge is -2.59. The van der Waals surface area contributed by atoms with Crippen molar-refractivity contribution in [3.63, 3.8) is 0 Å². The maximum atomic E-state index is 13.8. The summed E-state index contributed by atoms with van der Waals surface area (Å²) in [6, 6.07) is 16.5. The number of rotatable bonds is 5. The first kappa shape index (κ1) is 27.5. The summed E-state index contributed by atoms with van der Waals surface area (Å²) in [4.78, 5) is 32.5. The molecule has 2 aromatic rings. The highest BCUT2D eigenvalue weighted by atomic mass is 32.2. The third kappa shape index (κ3) is 4.70. The smallest absolute Gasteiger partial charge is 0.322 e. The Hall–Kier alpha value is -3.31. The number of anilines is 4. The highest BCUT2D eigenvalue weighted by molar-refractivity contribution is 7.88. The molecule has 11 heteroatoms. The van der Waals surface area contributed by atoms with Crippen LogP contribution in [0.3, 0.4) is 0 Å². The average molecular weight is 593 g/mol. The van der Waals surface area contributed by atoms with Gasteiger partial charge in [0.25, 0.3) is 0 Å². The summed E-state index contributed by atoms with van der Waals surface area (Å²) < 4.78 is 25.3. The van der Waals surface area contributed by atoms with E-state index in [1.54, 1.807) is 0 Å². The summed E-state index contributed by atoms with van der Waals surface area (Å²) in [5, 5.41) is 3.41. The average Bonchev–Trinajstić information content (AvgIpc) is 2.97. The molecule has 3 N–H and O–H groups in total. The van der Waals surface area contributed by atoms with E-state index in [4.69, 9.17) is 5.73 Å². The first-order chi connectivity index (χ1) is 20.1. The summed E-state index contributed by atoms with van der Waals surface area (Å²) in [5.74, 6) is 1.03. The first-order valence-corrected chi connectivity index (χ1v) is 17.0. The van der Waals surface area contributed by atoms with Gasteiger partial charge in [0.15, 0.2) is 0 Å². The zero-order valence-electron chi connectivity index (χ0n) is 24.1. The zero-order valence-corrected chi connectivity index (χ0v) is 24.9. The minimum Gasteiger partial charge on any atom is -0.369 e. The van der Waals surface area contributed by atoms with Gasteiger partial charge >= 0.3 is 6.03 Å². The number of urea groups is 1. The van der Waals surface area contributed by atoms with Gasteiger partial charge in [-0.2, -0.15) is 4.31 Å². The second-order valence-corrected chi connectivity index (χ2v) is 15.0. The van der Waals surface area contributed by atoms with E-state index in [0.717, 1.165) is 54.9 Å². The van der Waals surface area contributed by atoms with Crippen molar-refractivity contribution < 1.29 is 18.0 Å². The van der Waals surface area contributed by atoms with E-state index in [1.807, 2.05) is 23.1 Å². The lowest BCUT2D eigenvalue weighted by atomic mass is 9.47. The number of fused-ring (bicyclic) bond motifs is 1. The van der Waals surface area contributed by atoms with Crippen LogP contribution in [0.25, 0.3) is 0 Å². The number of hydrogen-bond acceptors (Lipinski definition) is 6. The molecule has 5 fully saturated rings. The molecular formula is C31H40N6O4S. The minimum absolute atomic E-state index is 0.0590. The highest BCUT2D eigenvalue weighted by Gasteiger charge is 2.58. The fourth-order valence-corrected chi connectivity index (χ4v) is 9.57. The Morgan fingerprint density at radius 2 is 1.45 bits per heavy atom. The Labute approximate surface area is 247 Å². The van der Waals surface area contributed by atoms with Crippen molar-refractivity contribution in [3.8, 4) is 0 Å². The summed E-state index contributed by atoms with van der Waals surface area (Å²) in [5.41, 5.74) is 9.52. The predicted octanol–water partition coefficient (Wildman–Crippen LogP) is 3.12. The predicted molar refractivity (Wildman–Crippen MR) is 163 cm³/mol. The second-order valence-electron chi connectivity index (χ2n) is 13.0. The van der Waals surface area contributed by atoms with Crippen LogP contribution in [0.2, 0.25) is 0 Å². The van der Waals surface area contributed by atoms with E-state index in [2.05, 4.69) is 45.4 Å². The number of carbonyl (C=O) groups is 2. The van der Waals surface area contributed by atoms with Crippen LogP contribution in [-0.2, 0) is 14.8 Å². The number of sulfonamides is 1. The number of hydrogen-bond donors (Lipinski definition) is 2. The molecular weight excluding hydrogens is 552 g/mol. The molecule has 0 aromatic heterocycles. The standard InChI is InChI=1S/C31H40N6O4S/c1-42(40,41)35-12-10-34(11-13-35)24-6-8-25(9-7-24)36-14-15-37(27-5-3-2-4-26(27)36)30(39)33-28-22-16-21-17-23(28)20-31(18-21,19-22)29(32)38/h2-9,21-23,28H,10-20H2,1H3,(H2,32,38)(H,33,39)/t21?,22?,23?,28-,31+. The monoisotopic (exact) mass is 592 g/mol. The van der Waals surface area contributed by atoms with Gasteiger partial charge in [-0.15, -0.1) is 0 Å². The van der Waals surface area contributed by atoms with Gasteiger partial charge < -0.3 is 20.9 Å². The molecule has 2 heterocycles. The summed E-state index contributed by atoms with van der Waals surface area (Å²) in [7, 11) is -3.16. The van der Waals surface area contributed by atoms with Crippen molar-refractivity contribution in [2.75, 3.05) is 60.2 Å². The molecule has 2 aromatic carbocycles. The van der Waals surface area contributed by atoms with Crippen molar-refractivity contribution in [1.29, 1.82) is 0 Å². The maximum absolute atomic E-state index is 13.8. The summed E-state index contributed by atoms with van der Waals surface area (Å²) in [6.45, 7) is 3.54. The van der Waals surface area contributed by atoms with Crippen molar-refractivity contribution in [1.82, 2.24) is 9.62 Å². The molecule has 224 valence electrons. The number of benzene rings is 2. The van der Waals surface area contributed by atoms with E-state index >= 15 is 0 Å². The molecule has 10 nitrogen and oxygen atoms in total.